The number of methoxy groups -OCH3 is 1. The number of hydrogen-bond acceptors (Lipinski definition) is 3. The topological polar surface area (TPSA) is 46.5 Å². The van der Waals surface area contributed by atoms with E-state index in [4.69, 9.17) is 5.11 Å². The Bertz CT molecular complexity index is 379. The Labute approximate surface area is 89.0 Å². The molecule has 0 atom stereocenters. The van der Waals surface area contributed by atoms with Crippen LogP contribution in [0.3, 0.4) is 0 Å². The Morgan fingerprint density at radius 1 is 1.47 bits per heavy atom. The molecule has 6 heteroatoms. The molecule has 0 bridgehead atoms. The van der Waals surface area contributed by atoms with Crippen LogP contribution in [0.4, 0.5) is 8.78 Å². The highest BCUT2D eigenvalue weighted by Gasteiger charge is 2.23. The van der Waals surface area contributed by atoms with E-state index in [1.807, 2.05) is 0 Å². The average Bonchev–Trinajstić information content (AvgIpc) is 2.18. The molecule has 15 heavy (non-hydrogen) atoms. The van der Waals surface area contributed by atoms with Crippen molar-refractivity contribution in [3.8, 4) is 5.75 Å². The van der Waals surface area contributed by atoms with E-state index in [1.165, 1.54) is 7.11 Å². The van der Waals surface area contributed by atoms with Gasteiger partial charge in [0.2, 0.25) is 0 Å². The standard InChI is InChI=1S/C9H8F2O3S/c1-14-4-3-5(15-2)8(11)6(7(4)10)9(12)13/h3H,1-2H3,(H,12,13). The number of carboxylic acid groups (broad SMARTS) is 1. The zero-order chi connectivity index (χ0) is 11.6. The third-order valence-corrected chi connectivity index (χ3v) is 2.52. The largest absolute Gasteiger partial charge is 0.494 e. The Kier molecular flexibility index (Phi) is 3.52. The van der Waals surface area contributed by atoms with Gasteiger partial charge in [-0.1, -0.05) is 0 Å². The van der Waals surface area contributed by atoms with Crippen LogP contribution < -0.4 is 4.74 Å². The summed E-state index contributed by atoms with van der Waals surface area (Å²) in [5, 5.41) is 8.64. The number of hydrogen-bond donors (Lipinski definition) is 1. The lowest BCUT2D eigenvalue weighted by molar-refractivity contribution is 0.0684. The Hall–Kier alpha value is -1.30. The third-order valence-electron chi connectivity index (χ3n) is 1.79. The van der Waals surface area contributed by atoms with Crippen LogP contribution in [-0.2, 0) is 0 Å². The summed E-state index contributed by atoms with van der Waals surface area (Å²) in [6.45, 7) is 0. The zero-order valence-corrected chi connectivity index (χ0v) is 8.82. The summed E-state index contributed by atoms with van der Waals surface area (Å²) in [6, 6.07) is 1.13. The number of benzene rings is 1. The van der Waals surface area contributed by atoms with E-state index in [9.17, 15) is 13.6 Å². The Balaban J connectivity index is 3.53. The first-order valence-electron chi connectivity index (χ1n) is 3.86. The van der Waals surface area contributed by atoms with Gasteiger partial charge in [-0.05, 0) is 12.3 Å². The summed E-state index contributed by atoms with van der Waals surface area (Å²) >= 11 is 0.980. The van der Waals surface area contributed by atoms with E-state index < -0.39 is 23.2 Å². The second kappa shape index (κ2) is 4.48. The number of aromatic carboxylic acids is 1. The second-order valence-corrected chi connectivity index (χ2v) is 3.44. The third kappa shape index (κ3) is 2.04. The van der Waals surface area contributed by atoms with E-state index in [1.54, 1.807) is 6.26 Å². The average molecular weight is 234 g/mol. The van der Waals surface area contributed by atoms with E-state index in [0.29, 0.717) is 0 Å². The minimum atomic E-state index is -1.65. The van der Waals surface area contributed by atoms with Gasteiger partial charge in [-0.3, -0.25) is 0 Å². The van der Waals surface area contributed by atoms with Crippen LogP contribution >= 0.6 is 11.8 Å². The van der Waals surface area contributed by atoms with Crippen LogP contribution in [0.5, 0.6) is 5.75 Å². The molecule has 0 aliphatic carbocycles. The molecule has 0 aliphatic heterocycles. The van der Waals surface area contributed by atoms with Gasteiger partial charge < -0.3 is 9.84 Å². The van der Waals surface area contributed by atoms with Gasteiger partial charge in [-0.15, -0.1) is 11.8 Å². The molecule has 0 radical (unpaired) electrons. The summed E-state index contributed by atoms with van der Waals surface area (Å²) in [5.41, 5.74) is -0.987. The number of thioether (sulfide) groups is 1. The molecule has 1 aromatic rings. The van der Waals surface area contributed by atoms with Crippen molar-refractivity contribution in [2.75, 3.05) is 13.4 Å². The molecular weight excluding hydrogens is 226 g/mol. The van der Waals surface area contributed by atoms with Gasteiger partial charge in [-0.25, -0.2) is 13.6 Å². The van der Waals surface area contributed by atoms with Crippen LogP contribution in [-0.4, -0.2) is 24.4 Å². The summed E-state index contributed by atoms with van der Waals surface area (Å²) < 4.78 is 31.4. The van der Waals surface area contributed by atoms with Gasteiger partial charge in [0.05, 0.1) is 7.11 Å². The summed E-state index contributed by atoms with van der Waals surface area (Å²) in [6.07, 6.45) is 1.56. The molecule has 0 saturated carbocycles. The van der Waals surface area contributed by atoms with Gasteiger partial charge >= 0.3 is 5.97 Å². The highest BCUT2D eigenvalue weighted by molar-refractivity contribution is 7.98. The lowest BCUT2D eigenvalue weighted by atomic mass is 10.2. The van der Waals surface area contributed by atoms with Crippen molar-refractivity contribution < 1.29 is 23.4 Å². The molecule has 0 amide bonds. The smallest absolute Gasteiger partial charge is 0.341 e. The first-order chi connectivity index (χ1) is 7.02. The molecule has 3 nitrogen and oxygen atoms in total. The van der Waals surface area contributed by atoms with Gasteiger partial charge in [0, 0.05) is 4.90 Å². The predicted octanol–water partition coefficient (Wildman–Crippen LogP) is 2.39. The molecule has 0 fully saturated rings. The normalized spacial score (nSPS) is 10.1. The van der Waals surface area contributed by atoms with E-state index in [0.717, 1.165) is 17.8 Å². The molecule has 0 aliphatic rings. The SMILES string of the molecule is COc1cc(SC)c(F)c(C(=O)O)c1F. The maximum Gasteiger partial charge on any atom is 0.341 e. The maximum atomic E-state index is 13.4. The van der Waals surface area contributed by atoms with Gasteiger partial charge in [-0.2, -0.15) is 0 Å². The quantitative estimate of drug-likeness (QED) is 0.816. The monoisotopic (exact) mass is 234 g/mol. The number of rotatable bonds is 3. The predicted molar refractivity (Wildman–Crippen MR) is 51.7 cm³/mol. The first-order valence-corrected chi connectivity index (χ1v) is 5.08. The summed E-state index contributed by atoms with van der Waals surface area (Å²) in [7, 11) is 1.19. The molecule has 0 aromatic heterocycles. The minimum Gasteiger partial charge on any atom is -0.494 e. The summed E-state index contributed by atoms with van der Waals surface area (Å²) in [4.78, 5) is 10.7. The lowest BCUT2D eigenvalue weighted by Crippen LogP contribution is -2.07. The molecule has 0 heterocycles. The van der Waals surface area contributed by atoms with Crippen molar-refractivity contribution in [3.05, 3.63) is 23.3 Å². The van der Waals surface area contributed by atoms with Crippen molar-refractivity contribution in [1.29, 1.82) is 0 Å². The summed E-state index contributed by atoms with van der Waals surface area (Å²) in [5.74, 6) is -4.20. The van der Waals surface area contributed by atoms with E-state index in [2.05, 4.69) is 4.74 Å². The van der Waals surface area contributed by atoms with E-state index >= 15 is 0 Å². The lowest BCUT2D eigenvalue weighted by Gasteiger charge is -2.08. The van der Waals surface area contributed by atoms with Gasteiger partial charge in [0.15, 0.2) is 17.4 Å². The fraction of sp³-hybridized carbons (Fsp3) is 0.222. The van der Waals surface area contributed by atoms with Crippen molar-refractivity contribution in [2.24, 2.45) is 0 Å². The van der Waals surface area contributed by atoms with Crippen LogP contribution in [0, 0.1) is 11.6 Å². The molecule has 0 saturated heterocycles. The van der Waals surface area contributed by atoms with Gasteiger partial charge in [0.1, 0.15) is 5.56 Å². The van der Waals surface area contributed by atoms with Crippen molar-refractivity contribution in [2.45, 2.75) is 4.90 Å². The van der Waals surface area contributed by atoms with Crippen LogP contribution in [0.15, 0.2) is 11.0 Å². The second-order valence-electron chi connectivity index (χ2n) is 2.59. The highest BCUT2D eigenvalue weighted by atomic mass is 32.2. The number of halogens is 2. The minimum absolute atomic E-state index is 0.0330. The van der Waals surface area contributed by atoms with Crippen molar-refractivity contribution >= 4 is 17.7 Å². The molecule has 82 valence electrons. The van der Waals surface area contributed by atoms with Crippen LogP contribution in [0.25, 0.3) is 0 Å². The molecule has 0 unspecified atom stereocenters. The van der Waals surface area contributed by atoms with E-state index in [-0.39, 0.29) is 10.6 Å². The Morgan fingerprint density at radius 2 is 2.07 bits per heavy atom. The van der Waals surface area contributed by atoms with Crippen LogP contribution in [0.2, 0.25) is 0 Å². The van der Waals surface area contributed by atoms with Crippen LogP contribution in [0.1, 0.15) is 10.4 Å². The van der Waals surface area contributed by atoms with Gasteiger partial charge in [0.25, 0.3) is 0 Å². The van der Waals surface area contributed by atoms with Crippen molar-refractivity contribution in [3.63, 3.8) is 0 Å². The fourth-order valence-electron chi connectivity index (χ4n) is 1.07. The zero-order valence-electron chi connectivity index (χ0n) is 8.01. The molecule has 1 aromatic carbocycles. The molecule has 0 spiro atoms. The number of carboxylic acids is 1. The number of carbonyl (C=O) groups is 1. The van der Waals surface area contributed by atoms with Crippen molar-refractivity contribution in [1.82, 2.24) is 0 Å². The Morgan fingerprint density at radius 3 is 2.47 bits per heavy atom. The maximum absolute atomic E-state index is 13.4. The number of ether oxygens (including phenoxy) is 1. The molecule has 1 rings (SSSR count). The fourth-order valence-corrected chi connectivity index (χ4v) is 1.58. The molecule has 1 N–H and O–H groups in total. The highest BCUT2D eigenvalue weighted by Crippen LogP contribution is 2.31. The molecular formula is C9H8F2O3S. The first kappa shape index (κ1) is 11.8.